The van der Waals surface area contributed by atoms with Crippen LogP contribution in [0, 0.1) is 0 Å². The minimum absolute atomic E-state index is 0. The highest BCUT2D eigenvalue weighted by Gasteiger charge is 2.31. The van der Waals surface area contributed by atoms with Crippen LogP contribution in [0.3, 0.4) is 0 Å². The number of nitrogens with zero attached hydrogens (tertiary/aromatic N) is 1. The van der Waals surface area contributed by atoms with E-state index in [1.165, 1.54) is 18.2 Å². The van der Waals surface area contributed by atoms with Crippen LogP contribution in [0.25, 0.3) is 0 Å². The second-order valence-corrected chi connectivity index (χ2v) is 6.46. The molecule has 1 heterocycles. The Morgan fingerprint density at radius 3 is 2.52 bits per heavy atom. The molecule has 1 saturated heterocycles. The molecule has 10 heteroatoms. The van der Waals surface area contributed by atoms with Crippen molar-refractivity contribution in [2.24, 2.45) is 0 Å². The Morgan fingerprint density at radius 2 is 1.86 bits per heavy atom. The molecule has 1 atom stereocenters. The summed E-state index contributed by atoms with van der Waals surface area (Å²) in [6.45, 7) is 1.17. The molecule has 1 fully saturated rings. The molecule has 0 radical (unpaired) electrons. The third kappa shape index (κ3) is 7.55. The van der Waals surface area contributed by atoms with Gasteiger partial charge in [-0.15, -0.1) is 38.0 Å². The molecule has 0 aromatic heterocycles. The maximum Gasteiger partial charge on any atom is 0.573 e. The van der Waals surface area contributed by atoms with Crippen molar-refractivity contribution in [3.63, 3.8) is 0 Å². The molecule has 0 bridgehead atoms. The van der Waals surface area contributed by atoms with Crippen molar-refractivity contribution in [2.75, 3.05) is 23.7 Å². The Labute approximate surface area is 179 Å². The fourth-order valence-electron chi connectivity index (χ4n) is 3.09. The fraction of sp³-hybridized carbons (Fsp3) is 0.316. The van der Waals surface area contributed by atoms with E-state index in [2.05, 4.69) is 10.1 Å². The van der Waals surface area contributed by atoms with Crippen LogP contribution in [0.4, 0.5) is 24.5 Å². The molecule has 160 valence electrons. The van der Waals surface area contributed by atoms with Gasteiger partial charge in [-0.25, -0.2) is 0 Å². The van der Waals surface area contributed by atoms with Crippen LogP contribution in [0.15, 0.2) is 48.5 Å². The van der Waals surface area contributed by atoms with Gasteiger partial charge in [-0.2, -0.15) is 0 Å². The van der Waals surface area contributed by atoms with Gasteiger partial charge in [-0.3, -0.25) is 4.79 Å². The van der Waals surface area contributed by atoms with Gasteiger partial charge in [0.25, 0.3) is 0 Å². The minimum Gasteiger partial charge on any atom is -0.406 e. The standard InChI is InChI=1S/C19H20F3N3O2.2ClH/c20-19(21,22)27-17-3-1-2-16(11-17)25-9-8-15(12-25)24-18(26)10-13-4-6-14(23)7-5-13;;/h1-7,11,15H,8-10,12,23H2,(H,24,26);2*1H. The smallest absolute Gasteiger partial charge is 0.406 e. The van der Waals surface area contributed by atoms with E-state index in [0.717, 1.165) is 12.0 Å². The van der Waals surface area contributed by atoms with Crippen molar-refractivity contribution in [1.82, 2.24) is 5.32 Å². The van der Waals surface area contributed by atoms with E-state index < -0.39 is 6.36 Å². The van der Waals surface area contributed by atoms with Gasteiger partial charge in [0.2, 0.25) is 5.91 Å². The third-order valence-electron chi connectivity index (χ3n) is 4.31. The van der Waals surface area contributed by atoms with E-state index in [0.29, 0.717) is 24.5 Å². The monoisotopic (exact) mass is 451 g/mol. The number of nitrogen functional groups attached to an aromatic ring is 1. The zero-order valence-electron chi connectivity index (χ0n) is 15.3. The molecule has 1 aliphatic rings. The number of halogens is 5. The molecule has 0 spiro atoms. The normalized spacial score (nSPS) is 15.8. The second kappa shape index (κ2) is 10.5. The topological polar surface area (TPSA) is 67.6 Å². The van der Waals surface area contributed by atoms with E-state index >= 15 is 0 Å². The average Bonchev–Trinajstić information content (AvgIpc) is 3.04. The van der Waals surface area contributed by atoms with Gasteiger partial charge in [0.1, 0.15) is 5.75 Å². The molecule has 0 aliphatic carbocycles. The Kier molecular flexibility index (Phi) is 8.91. The summed E-state index contributed by atoms with van der Waals surface area (Å²) < 4.78 is 41.1. The van der Waals surface area contributed by atoms with Crippen molar-refractivity contribution in [1.29, 1.82) is 0 Å². The summed E-state index contributed by atoms with van der Waals surface area (Å²) in [4.78, 5) is 14.1. The first kappa shape index (κ1) is 24.7. The number of hydrogen-bond donors (Lipinski definition) is 2. The average molecular weight is 452 g/mol. The highest BCUT2D eigenvalue weighted by atomic mass is 35.5. The van der Waals surface area contributed by atoms with Crippen molar-refractivity contribution >= 4 is 42.1 Å². The predicted molar refractivity (Wildman–Crippen MR) is 111 cm³/mol. The maximum atomic E-state index is 12.4. The van der Waals surface area contributed by atoms with Gasteiger partial charge in [-0.1, -0.05) is 18.2 Å². The molecule has 29 heavy (non-hydrogen) atoms. The van der Waals surface area contributed by atoms with E-state index in [-0.39, 0.29) is 48.9 Å². The first-order valence-corrected chi connectivity index (χ1v) is 8.53. The summed E-state index contributed by atoms with van der Waals surface area (Å²) in [5, 5.41) is 2.97. The second-order valence-electron chi connectivity index (χ2n) is 6.46. The molecule has 1 unspecified atom stereocenters. The summed E-state index contributed by atoms with van der Waals surface area (Å²) in [6, 6.07) is 12.9. The SMILES string of the molecule is Cl.Cl.Nc1ccc(CC(=O)NC2CCN(c3cccc(OC(F)(F)F)c3)C2)cc1. The molecular formula is C19H22Cl2F3N3O2. The number of alkyl halides is 3. The van der Waals surface area contributed by atoms with Crippen LogP contribution in [-0.2, 0) is 11.2 Å². The van der Waals surface area contributed by atoms with Gasteiger partial charge in [0, 0.05) is 36.6 Å². The van der Waals surface area contributed by atoms with Crippen LogP contribution in [0.2, 0.25) is 0 Å². The largest absolute Gasteiger partial charge is 0.573 e. The number of rotatable bonds is 5. The number of hydrogen-bond acceptors (Lipinski definition) is 4. The van der Waals surface area contributed by atoms with Gasteiger partial charge >= 0.3 is 6.36 Å². The Bertz CT molecular complexity index is 804. The highest BCUT2D eigenvalue weighted by Crippen LogP contribution is 2.28. The zero-order chi connectivity index (χ0) is 19.4. The predicted octanol–water partition coefficient (Wildman–Crippen LogP) is 3.95. The molecule has 1 amide bonds. The third-order valence-corrected chi connectivity index (χ3v) is 4.31. The number of carbonyl (C=O) groups is 1. The fourth-order valence-corrected chi connectivity index (χ4v) is 3.09. The highest BCUT2D eigenvalue weighted by molar-refractivity contribution is 5.85. The number of carbonyl (C=O) groups excluding carboxylic acids is 1. The van der Waals surface area contributed by atoms with Gasteiger partial charge in [0.15, 0.2) is 0 Å². The molecular weight excluding hydrogens is 430 g/mol. The molecule has 3 N–H and O–H groups in total. The minimum atomic E-state index is -4.72. The molecule has 1 aliphatic heterocycles. The molecule has 0 saturated carbocycles. The number of amides is 1. The number of ether oxygens (including phenoxy) is 1. The number of anilines is 2. The quantitative estimate of drug-likeness (QED) is 0.675. The Balaban J connectivity index is 0.00000210. The first-order chi connectivity index (χ1) is 12.8. The summed E-state index contributed by atoms with van der Waals surface area (Å²) in [5.74, 6) is -0.350. The van der Waals surface area contributed by atoms with Gasteiger partial charge in [0.05, 0.1) is 6.42 Å². The lowest BCUT2D eigenvalue weighted by molar-refractivity contribution is -0.274. The maximum absolute atomic E-state index is 12.4. The summed E-state index contributed by atoms with van der Waals surface area (Å²) in [6.07, 6.45) is -3.74. The van der Waals surface area contributed by atoms with Gasteiger partial charge in [-0.05, 0) is 36.2 Å². The summed E-state index contributed by atoms with van der Waals surface area (Å²) in [7, 11) is 0. The lowest BCUT2D eigenvalue weighted by Gasteiger charge is -2.20. The molecule has 5 nitrogen and oxygen atoms in total. The van der Waals surface area contributed by atoms with Crippen LogP contribution in [-0.4, -0.2) is 31.4 Å². The van der Waals surface area contributed by atoms with Crippen molar-refractivity contribution in [3.8, 4) is 5.75 Å². The Hall–Kier alpha value is -2.32. The Morgan fingerprint density at radius 1 is 1.17 bits per heavy atom. The number of nitrogens with one attached hydrogen (secondary N) is 1. The number of nitrogens with two attached hydrogens (primary N) is 1. The van der Waals surface area contributed by atoms with Crippen molar-refractivity contribution in [3.05, 3.63) is 54.1 Å². The van der Waals surface area contributed by atoms with Crippen molar-refractivity contribution < 1.29 is 22.7 Å². The van der Waals surface area contributed by atoms with E-state index in [9.17, 15) is 18.0 Å². The van der Waals surface area contributed by atoms with E-state index in [1.807, 2.05) is 17.0 Å². The van der Waals surface area contributed by atoms with Gasteiger partial charge < -0.3 is 20.7 Å². The summed E-state index contributed by atoms with van der Waals surface area (Å²) in [5.41, 5.74) is 7.77. The van der Waals surface area contributed by atoms with Crippen LogP contribution < -0.4 is 20.7 Å². The number of benzene rings is 2. The zero-order valence-corrected chi connectivity index (χ0v) is 16.9. The van der Waals surface area contributed by atoms with Crippen LogP contribution in [0.5, 0.6) is 5.75 Å². The molecule has 2 aromatic carbocycles. The van der Waals surface area contributed by atoms with Crippen LogP contribution in [0.1, 0.15) is 12.0 Å². The first-order valence-electron chi connectivity index (χ1n) is 8.53. The van der Waals surface area contributed by atoms with Crippen LogP contribution >= 0.6 is 24.8 Å². The summed E-state index contributed by atoms with van der Waals surface area (Å²) >= 11 is 0. The van der Waals surface area contributed by atoms with E-state index in [4.69, 9.17) is 5.73 Å². The van der Waals surface area contributed by atoms with E-state index in [1.54, 1.807) is 18.2 Å². The molecule has 3 rings (SSSR count). The van der Waals surface area contributed by atoms with Crippen molar-refractivity contribution in [2.45, 2.75) is 25.2 Å². The lowest BCUT2D eigenvalue weighted by atomic mass is 10.1. The molecule has 2 aromatic rings. The lowest BCUT2D eigenvalue weighted by Crippen LogP contribution is -2.38.